The summed E-state index contributed by atoms with van der Waals surface area (Å²) in [6.07, 6.45) is 0. The van der Waals surface area contributed by atoms with E-state index in [0.29, 0.717) is 49.3 Å². The molecule has 1 heterocycles. The van der Waals surface area contributed by atoms with E-state index in [9.17, 15) is 4.79 Å². The van der Waals surface area contributed by atoms with Crippen LogP contribution in [0.25, 0.3) is 16.7 Å². The van der Waals surface area contributed by atoms with Gasteiger partial charge in [-0.1, -0.05) is 46.4 Å². The van der Waals surface area contributed by atoms with Crippen molar-refractivity contribution in [1.82, 2.24) is 15.0 Å². The highest BCUT2D eigenvalue weighted by Crippen LogP contribution is 2.42. The molecule has 0 saturated carbocycles. The first-order valence-corrected chi connectivity index (χ1v) is 11.9. The van der Waals surface area contributed by atoms with Gasteiger partial charge in [0.2, 0.25) is 0 Å². The Bertz CT molecular complexity index is 1440. The fourth-order valence-corrected chi connectivity index (χ4v) is 4.53. The molecule has 0 bridgehead atoms. The Morgan fingerprint density at radius 2 is 1.57 bits per heavy atom. The first-order chi connectivity index (χ1) is 16.6. The van der Waals surface area contributed by atoms with E-state index in [1.165, 1.54) is 4.80 Å². The van der Waals surface area contributed by atoms with Gasteiger partial charge in [0, 0.05) is 10.7 Å². The van der Waals surface area contributed by atoms with E-state index in [4.69, 9.17) is 55.9 Å². The van der Waals surface area contributed by atoms with Gasteiger partial charge in [-0.15, -0.1) is 10.2 Å². The van der Waals surface area contributed by atoms with Crippen LogP contribution in [0.4, 0.5) is 5.69 Å². The topological polar surface area (TPSA) is 78.3 Å². The fraction of sp³-hybridized carbons (Fsp3) is 0.208. The van der Waals surface area contributed by atoms with Crippen LogP contribution in [0.2, 0.25) is 20.1 Å². The number of nitrogens with zero attached hydrogens (tertiary/aromatic N) is 3. The highest BCUT2D eigenvalue weighted by molar-refractivity contribution is 6.42. The number of hydrogen-bond donors (Lipinski definition) is 1. The first-order valence-electron chi connectivity index (χ1n) is 10.4. The van der Waals surface area contributed by atoms with E-state index in [1.54, 1.807) is 45.2 Å². The first kappa shape index (κ1) is 25.4. The molecule has 182 valence electrons. The summed E-state index contributed by atoms with van der Waals surface area (Å²) in [5.41, 5.74) is 4.57. The summed E-state index contributed by atoms with van der Waals surface area (Å²) >= 11 is 25.1. The molecule has 1 N–H and O–H groups in total. The Morgan fingerprint density at radius 3 is 2.17 bits per heavy atom. The second-order valence-corrected chi connectivity index (χ2v) is 9.36. The molecule has 35 heavy (non-hydrogen) atoms. The number of ether oxygens (including phenoxy) is 2. The minimum absolute atomic E-state index is 0.219. The fourth-order valence-electron chi connectivity index (χ4n) is 3.46. The molecule has 0 fully saturated rings. The Morgan fingerprint density at radius 1 is 0.943 bits per heavy atom. The third-order valence-corrected chi connectivity index (χ3v) is 7.20. The quantitative estimate of drug-likeness (QED) is 0.278. The molecular weight excluding hydrogens is 534 g/mol. The molecule has 0 spiro atoms. The SMILES string of the molecule is COc1ccc(-n2nc3cc(C)c(NC(=O)COc4c(Cl)c(C)c(Cl)c(C)c4Cl)cc3n2)cc1Cl. The monoisotopic (exact) mass is 552 g/mol. The van der Waals surface area contributed by atoms with Gasteiger partial charge in [0.25, 0.3) is 5.91 Å². The van der Waals surface area contributed by atoms with Gasteiger partial charge in [-0.2, -0.15) is 4.80 Å². The van der Waals surface area contributed by atoms with Crippen LogP contribution in [0.1, 0.15) is 16.7 Å². The van der Waals surface area contributed by atoms with Gasteiger partial charge in [0.1, 0.15) is 16.8 Å². The van der Waals surface area contributed by atoms with Crippen molar-refractivity contribution in [3.05, 3.63) is 67.1 Å². The normalized spacial score (nSPS) is 11.1. The van der Waals surface area contributed by atoms with Gasteiger partial charge in [-0.25, -0.2) is 0 Å². The van der Waals surface area contributed by atoms with Crippen LogP contribution >= 0.6 is 46.4 Å². The standard InChI is InChI=1S/C24H20Cl4N4O3/c1-11-7-17-18(31-32(30-17)14-5-6-19(34-4)15(25)8-14)9-16(11)29-20(33)10-35-24-22(27)12(2)21(26)13(3)23(24)28/h5-9H,10H2,1-4H3,(H,29,33). The van der Waals surface area contributed by atoms with Crippen LogP contribution in [0, 0.1) is 20.8 Å². The van der Waals surface area contributed by atoms with E-state index in [1.807, 2.05) is 13.0 Å². The lowest BCUT2D eigenvalue weighted by Crippen LogP contribution is -2.21. The summed E-state index contributed by atoms with van der Waals surface area (Å²) in [6, 6.07) is 8.83. The zero-order valence-electron chi connectivity index (χ0n) is 19.2. The molecule has 4 aromatic rings. The number of aromatic nitrogens is 3. The number of carbonyl (C=O) groups is 1. The van der Waals surface area contributed by atoms with Crippen LogP contribution < -0.4 is 14.8 Å². The van der Waals surface area contributed by atoms with E-state index in [0.717, 1.165) is 5.56 Å². The van der Waals surface area contributed by atoms with E-state index in [2.05, 4.69) is 15.5 Å². The van der Waals surface area contributed by atoms with Gasteiger partial charge < -0.3 is 14.8 Å². The number of methoxy groups -OCH3 is 1. The average molecular weight is 554 g/mol. The molecule has 3 aromatic carbocycles. The molecule has 11 heteroatoms. The largest absolute Gasteiger partial charge is 0.495 e. The lowest BCUT2D eigenvalue weighted by atomic mass is 10.1. The zero-order chi connectivity index (χ0) is 25.4. The number of benzene rings is 3. The summed E-state index contributed by atoms with van der Waals surface area (Å²) in [7, 11) is 1.55. The van der Waals surface area contributed by atoms with Gasteiger partial charge in [-0.3, -0.25) is 4.79 Å². The Labute approximate surface area is 221 Å². The minimum Gasteiger partial charge on any atom is -0.495 e. The third-order valence-electron chi connectivity index (χ3n) is 5.43. The van der Waals surface area contributed by atoms with Crippen LogP contribution in [0.5, 0.6) is 11.5 Å². The molecular formula is C24H20Cl4N4O3. The number of nitrogens with one attached hydrogen (secondary N) is 1. The van der Waals surface area contributed by atoms with Crippen molar-refractivity contribution in [2.75, 3.05) is 19.0 Å². The number of halogens is 4. The maximum absolute atomic E-state index is 12.6. The molecule has 1 amide bonds. The number of rotatable bonds is 6. The summed E-state index contributed by atoms with van der Waals surface area (Å²) in [4.78, 5) is 14.1. The molecule has 0 aliphatic heterocycles. The number of aryl methyl sites for hydroxylation is 1. The summed E-state index contributed by atoms with van der Waals surface area (Å²) < 4.78 is 10.8. The Balaban J connectivity index is 1.53. The second kappa shape index (κ2) is 10.1. The Hall–Kier alpha value is -2.71. The zero-order valence-corrected chi connectivity index (χ0v) is 22.2. The van der Waals surface area contributed by atoms with Crippen molar-refractivity contribution in [3.8, 4) is 17.2 Å². The van der Waals surface area contributed by atoms with E-state index >= 15 is 0 Å². The van der Waals surface area contributed by atoms with Crippen molar-refractivity contribution in [3.63, 3.8) is 0 Å². The molecule has 0 aliphatic carbocycles. The number of amides is 1. The van der Waals surface area contributed by atoms with Gasteiger partial charge >= 0.3 is 0 Å². The van der Waals surface area contributed by atoms with Crippen molar-refractivity contribution in [2.45, 2.75) is 20.8 Å². The number of anilines is 1. The van der Waals surface area contributed by atoms with Gasteiger partial charge in [0.15, 0.2) is 12.4 Å². The lowest BCUT2D eigenvalue weighted by molar-refractivity contribution is -0.118. The van der Waals surface area contributed by atoms with Gasteiger partial charge in [0.05, 0.1) is 27.9 Å². The highest BCUT2D eigenvalue weighted by atomic mass is 35.5. The number of fused-ring (bicyclic) bond motifs is 1. The third kappa shape index (κ3) is 5.00. The summed E-state index contributed by atoms with van der Waals surface area (Å²) in [6.45, 7) is 5.08. The molecule has 4 rings (SSSR count). The van der Waals surface area contributed by atoms with Crippen molar-refractivity contribution in [1.29, 1.82) is 0 Å². The second-order valence-electron chi connectivity index (χ2n) is 7.82. The maximum atomic E-state index is 12.6. The summed E-state index contributed by atoms with van der Waals surface area (Å²) in [5.74, 6) is 0.386. The highest BCUT2D eigenvalue weighted by Gasteiger charge is 2.19. The smallest absolute Gasteiger partial charge is 0.262 e. The molecule has 0 radical (unpaired) electrons. The molecule has 0 atom stereocenters. The predicted octanol–water partition coefficient (Wildman–Crippen LogP) is 6.99. The van der Waals surface area contributed by atoms with Crippen LogP contribution in [-0.4, -0.2) is 34.6 Å². The molecule has 7 nitrogen and oxygen atoms in total. The number of carbonyl (C=O) groups excluding carboxylic acids is 1. The van der Waals surface area contributed by atoms with Crippen molar-refractivity contribution < 1.29 is 14.3 Å². The molecule has 1 aromatic heterocycles. The minimum atomic E-state index is -0.390. The van der Waals surface area contributed by atoms with Crippen molar-refractivity contribution >= 4 is 69.0 Å². The summed E-state index contributed by atoms with van der Waals surface area (Å²) in [5, 5.41) is 13.3. The van der Waals surface area contributed by atoms with Crippen LogP contribution in [0.3, 0.4) is 0 Å². The van der Waals surface area contributed by atoms with E-state index in [-0.39, 0.29) is 28.3 Å². The molecule has 0 saturated heterocycles. The maximum Gasteiger partial charge on any atom is 0.262 e. The van der Waals surface area contributed by atoms with Crippen LogP contribution in [0.15, 0.2) is 30.3 Å². The average Bonchev–Trinajstić information content (AvgIpc) is 3.24. The van der Waals surface area contributed by atoms with Crippen LogP contribution in [-0.2, 0) is 4.79 Å². The predicted molar refractivity (Wildman–Crippen MR) is 140 cm³/mol. The van der Waals surface area contributed by atoms with Crippen molar-refractivity contribution in [2.24, 2.45) is 0 Å². The molecule has 0 unspecified atom stereocenters. The Kier molecular flexibility index (Phi) is 7.33. The van der Waals surface area contributed by atoms with Gasteiger partial charge in [-0.05, 0) is 67.8 Å². The number of hydrogen-bond acceptors (Lipinski definition) is 5. The lowest BCUT2D eigenvalue weighted by Gasteiger charge is -2.15. The molecule has 0 aliphatic rings. The van der Waals surface area contributed by atoms with E-state index < -0.39 is 0 Å².